The summed E-state index contributed by atoms with van der Waals surface area (Å²) in [5, 5.41) is 2.95. The molecule has 0 radical (unpaired) electrons. The molecule has 0 aliphatic rings. The van der Waals surface area contributed by atoms with Crippen molar-refractivity contribution in [2.24, 2.45) is 0 Å². The Morgan fingerprint density at radius 3 is 2.09 bits per heavy atom. The summed E-state index contributed by atoms with van der Waals surface area (Å²) in [6.45, 7) is 7.49. The van der Waals surface area contributed by atoms with E-state index < -0.39 is 16.1 Å². The third kappa shape index (κ3) is 6.14. The molecule has 0 heterocycles. The fourth-order valence-corrected chi connectivity index (χ4v) is 4.99. The highest BCUT2D eigenvalue weighted by atomic mass is 32.2. The summed E-state index contributed by atoms with van der Waals surface area (Å²) < 4.78 is 32.1. The summed E-state index contributed by atoms with van der Waals surface area (Å²) in [5.74, 6) is 0.870. The SMILES string of the molecule is Cc1ccc([C@@H](C)NC(=O)[C@H](C)N(c2ccc(Oc3ccccc3)cc2)S(C)(=O)=O)c(C)c1. The van der Waals surface area contributed by atoms with Gasteiger partial charge < -0.3 is 10.1 Å². The van der Waals surface area contributed by atoms with Crippen LogP contribution < -0.4 is 14.4 Å². The number of nitrogens with zero attached hydrogens (tertiary/aromatic N) is 1. The first-order chi connectivity index (χ1) is 15.6. The van der Waals surface area contributed by atoms with Crippen LogP contribution in [0.15, 0.2) is 72.8 Å². The van der Waals surface area contributed by atoms with Crippen molar-refractivity contribution in [2.75, 3.05) is 10.6 Å². The van der Waals surface area contributed by atoms with Gasteiger partial charge in [0.1, 0.15) is 17.5 Å². The van der Waals surface area contributed by atoms with E-state index in [1.807, 2.05) is 63.2 Å². The van der Waals surface area contributed by atoms with Crippen LogP contribution in [0.4, 0.5) is 5.69 Å². The zero-order valence-electron chi connectivity index (χ0n) is 19.6. The Balaban J connectivity index is 1.78. The van der Waals surface area contributed by atoms with Crippen LogP contribution in [-0.2, 0) is 14.8 Å². The van der Waals surface area contributed by atoms with Crippen molar-refractivity contribution < 1.29 is 17.9 Å². The number of hydrogen-bond acceptors (Lipinski definition) is 4. The van der Waals surface area contributed by atoms with Gasteiger partial charge in [0.15, 0.2) is 0 Å². The van der Waals surface area contributed by atoms with Crippen LogP contribution in [0.3, 0.4) is 0 Å². The molecule has 0 aliphatic heterocycles. The van der Waals surface area contributed by atoms with Crippen molar-refractivity contribution in [3.63, 3.8) is 0 Å². The minimum atomic E-state index is -3.72. The van der Waals surface area contributed by atoms with Crippen LogP contribution in [0.1, 0.15) is 36.6 Å². The lowest BCUT2D eigenvalue weighted by Gasteiger charge is -2.29. The smallest absolute Gasteiger partial charge is 0.244 e. The maximum absolute atomic E-state index is 13.0. The topological polar surface area (TPSA) is 75.7 Å². The van der Waals surface area contributed by atoms with Crippen molar-refractivity contribution in [1.29, 1.82) is 0 Å². The van der Waals surface area contributed by atoms with Crippen LogP contribution >= 0.6 is 0 Å². The van der Waals surface area contributed by atoms with Crippen LogP contribution in [0, 0.1) is 13.8 Å². The fraction of sp³-hybridized carbons (Fsp3) is 0.269. The van der Waals surface area contributed by atoms with Crippen molar-refractivity contribution in [2.45, 2.75) is 39.8 Å². The number of aryl methyl sites for hydroxylation is 2. The van der Waals surface area contributed by atoms with Gasteiger partial charge in [-0.3, -0.25) is 9.10 Å². The average molecular weight is 467 g/mol. The van der Waals surface area contributed by atoms with E-state index in [1.165, 1.54) is 0 Å². The molecule has 1 N–H and O–H groups in total. The molecule has 0 unspecified atom stereocenters. The molecule has 1 amide bonds. The normalized spacial score (nSPS) is 13.1. The van der Waals surface area contributed by atoms with E-state index in [4.69, 9.17) is 4.74 Å². The lowest BCUT2D eigenvalue weighted by Crippen LogP contribution is -2.48. The summed E-state index contributed by atoms with van der Waals surface area (Å²) in [7, 11) is -3.72. The molecule has 3 aromatic carbocycles. The first-order valence-electron chi connectivity index (χ1n) is 10.8. The fourth-order valence-electron chi connectivity index (χ4n) is 3.82. The van der Waals surface area contributed by atoms with Gasteiger partial charge in [0.2, 0.25) is 15.9 Å². The summed E-state index contributed by atoms with van der Waals surface area (Å²) >= 11 is 0. The van der Waals surface area contributed by atoms with E-state index in [1.54, 1.807) is 31.2 Å². The largest absolute Gasteiger partial charge is 0.457 e. The van der Waals surface area contributed by atoms with Crippen molar-refractivity contribution in [3.05, 3.63) is 89.5 Å². The maximum Gasteiger partial charge on any atom is 0.244 e. The van der Waals surface area contributed by atoms with E-state index in [2.05, 4.69) is 11.4 Å². The summed E-state index contributed by atoms with van der Waals surface area (Å²) in [4.78, 5) is 13.0. The van der Waals surface area contributed by atoms with Gasteiger partial charge in [-0.1, -0.05) is 42.0 Å². The monoisotopic (exact) mass is 466 g/mol. The van der Waals surface area contributed by atoms with Gasteiger partial charge in [-0.05, 0) is 75.2 Å². The van der Waals surface area contributed by atoms with Crippen molar-refractivity contribution in [1.82, 2.24) is 5.32 Å². The Morgan fingerprint density at radius 2 is 1.52 bits per heavy atom. The minimum Gasteiger partial charge on any atom is -0.457 e. The molecule has 7 heteroatoms. The number of amides is 1. The Hall–Kier alpha value is -3.32. The number of benzene rings is 3. The lowest BCUT2D eigenvalue weighted by atomic mass is 10.00. The van der Waals surface area contributed by atoms with E-state index in [-0.39, 0.29) is 11.9 Å². The minimum absolute atomic E-state index is 0.261. The Morgan fingerprint density at radius 1 is 0.909 bits per heavy atom. The molecule has 0 saturated carbocycles. The lowest BCUT2D eigenvalue weighted by molar-refractivity contribution is -0.122. The van der Waals surface area contributed by atoms with E-state index in [0.717, 1.165) is 27.3 Å². The van der Waals surface area contributed by atoms with E-state index >= 15 is 0 Å². The van der Waals surface area contributed by atoms with Crippen molar-refractivity contribution >= 4 is 21.6 Å². The molecule has 3 aromatic rings. The zero-order valence-corrected chi connectivity index (χ0v) is 20.4. The summed E-state index contributed by atoms with van der Waals surface area (Å²) in [5.41, 5.74) is 3.60. The molecule has 2 atom stereocenters. The molecule has 0 saturated heterocycles. The number of carbonyl (C=O) groups is 1. The van der Waals surface area contributed by atoms with Crippen LogP contribution in [-0.4, -0.2) is 26.6 Å². The van der Waals surface area contributed by atoms with Crippen LogP contribution in [0.25, 0.3) is 0 Å². The molecule has 33 heavy (non-hydrogen) atoms. The second kappa shape index (κ2) is 10.1. The quantitative estimate of drug-likeness (QED) is 0.499. The number of sulfonamides is 1. The second-order valence-electron chi connectivity index (χ2n) is 8.23. The van der Waals surface area contributed by atoms with Gasteiger partial charge in [0, 0.05) is 0 Å². The Labute approximate surface area is 196 Å². The number of para-hydroxylation sites is 1. The molecular formula is C26H30N2O4S. The van der Waals surface area contributed by atoms with E-state index in [9.17, 15) is 13.2 Å². The highest BCUT2D eigenvalue weighted by Gasteiger charge is 2.30. The third-order valence-electron chi connectivity index (χ3n) is 5.41. The number of hydrogen-bond donors (Lipinski definition) is 1. The van der Waals surface area contributed by atoms with Gasteiger partial charge >= 0.3 is 0 Å². The second-order valence-corrected chi connectivity index (χ2v) is 10.1. The molecule has 0 fully saturated rings. The van der Waals surface area contributed by atoms with Crippen LogP contribution in [0.2, 0.25) is 0 Å². The van der Waals surface area contributed by atoms with E-state index in [0.29, 0.717) is 17.2 Å². The number of nitrogens with one attached hydrogen (secondary N) is 1. The molecule has 6 nitrogen and oxygen atoms in total. The maximum atomic E-state index is 13.0. The number of anilines is 1. The molecule has 0 spiro atoms. The molecule has 3 rings (SSSR count). The standard InChI is InChI=1S/C26H30N2O4S/c1-18-11-16-25(19(2)17-18)20(3)27-26(29)21(4)28(33(5,30)31)22-12-14-24(15-13-22)32-23-9-7-6-8-10-23/h6-17,20-21H,1-5H3,(H,27,29)/t20-,21+/m1/s1. The molecular weight excluding hydrogens is 436 g/mol. The third-order valence-corrected chi connectivity index (χ3v) is 6.65. The molecule has 0 bridgehead atoms. The highest BCUT2D eigenvalue weighted by molar-refractivity contribution is 7.92. The van der Waals surface area contributed by atoms with Crippen molar-refractivity contribution in [3.8, 4) is 11.5 Å². The molecule has 0 aromatic heterocycles. The summed E-state index contributed by atoms with van der Waals surface area (Å²) in [6, 6.07) is 20.8. The zero-order chi connectivity index (χ0) is 24.2. The number of carbonyl (C=O) groups excluding carboxylic acids is 1. The van der Waals surface area contributed by atoms with Gasteiger partial charge in [-0.15, -0.1) is 0 Å². The summed E-state index contributed by atoms with van der Waals surface area (Å²) in [6.07, 6.45) is 1.10. The Kier molecular flexibility index (Phi) is 7.43. The number of ether oxygens (including phenoxy) is 1. The number of rotatable bonds is 8. The van der Waals surface area contributed by atoms with Gasteiger partial charge in [0.25, 0.3) is 0 Å². The first-order valence-corrected chi connectivity index (χ1v) is 12.6. The van der Waals surface area contributed by atoms with Gasteiger partial charge in [0.05, 0.1) is 18.0 Å². The highest BCUT2D eigenvalue weighted by Crippen LogP contribution is 2.27. The predicted octanol–water partition coefficient (Wildman–Crippen LogP) is 5.13. The molecule has 0 aliphatic carbocycles. The average Bonchev–Trinajstić information content (AvgIpc) is 2.74. The van der Waals surface area contributed by atoms with Crippen LogP contribution in [0.5, 0.6) is 11.5 Å². The Bertz CT molecular complexity index is 1210. The predicted molar refractivity (Wildman–Crippen MR) is 132 cm³/mol. The van der Waals surface area contributed by atoms with Gasteiger partial charge in [-0.2, -0.15) is 0 Å². The van der Waals surface area contributed by atoms with Gasteiger partial charge in [-0.25, -0.2) is 8.42 Å². The molecule has 174 valence electrons. The first kappa shape index (κ1) is 24.3.